The second kappa shape index (κ2) is 10.1. The third-order valence-corrected chi connectivity index (χ3v) is 7.20. The number of anilines is 1. The maximum absolute atomic E-state index is 11.9. The van der Waals surface area contributed by atoms with E-state index in [-0.39, 0.29) is 18.1 Å². The normalized spacial score (nSPS) is 27.2. The molecule has 1 N–H and O–H groups in total. The highest BCUT2D eigenvalue weighted by Crippen LogP contribution is 2.34. The van der Waals surface area contributed by atoms with Crippen LogP contribution in [0.2, 0.25) is 0 Å². The number of nitrogens with one attached hydrogen (secondary N) is 1. The van der Waals surface area contributed by atoms with Gasteiger partial charge in [-0.1, -0.05) is 30.3 Å². The Labute approximate surface area is 185 Å². The van der Waals surface area contributed by atoms with Gasteiger partial charge in [0.05, 0.1) is 19.0 Å². The van der Waals surface area contributed by atoms with E-state index in [2.05, 4.69) is 50.2 Å². The quantitative estimate of drug-likeness (QED) is 0.707. The van der Waals surface area contributed by atoms with Crippen LogP contribution in [0.1, 0.15) is 43.6 Å². The van der Waals surface area contributed by atoms with Gasteiger partial charge in [0.2, 0.25) is 10.0 Å². The van der Waals surface area contributed by atoms with Crippen molar-refractivity contribution in [1.82, 2.24) is 14.9 Å². The number of rotatable bonds is 7. The van der Waals surface area contributed by atoms with E-state index in [1.54, 1.807) is 6.20 Å². The summed E-state index contributed by atoms with van der Waals surface area (Å²) in [5, 5.41) is 8.20. The van der Waals surface area contributed by atoms with Crippen molar-refractivity contribution in [2.45, 2.75) is 50.2 Å². The fourth-order valence-electron chi connectivity index (χ4n) is 4.85. The van der Waals surface area contributed by atoms with Crippen LogP contribution in [0.5, 0.6) is 0 Å². The summed E-state index contributed by atoms with van der Waals surface area (Å²) in [4.78, 5) is 2.17. The Morgan fingerprint density at radius 1 is 1.06 bits per heavy atom. The van der Waals surface area contributed by atoms with Crippen molar-refractivity contribution in [3.63, 3.8) is 0 Å². The van der Waals surface area contributed by atoms with Gasteiger partial charge in [-0.2, -0.15) is 5.10 Å². The van der Waals surface area contributed by atoms with Gasteiger partial charge in [0.25, 0.3) is 0 Å². The van der Waals surface area contributed by atoms with E-state index in [0.717, 1.165) is 44.5 Å². The Hall–Kier alpha value is -2.03. The van der Waals surface area contributed by atoms with Crippen LogP contribution in [-0.4, -0.2) is 56.7 Å². The first-order valence-electron chi connectivity index (χ1n) is 11.1. The molecule has 2 atom stereocenters. The first-order chi connectivity index (χ1) is 15.0. The Kier molecular flexibility index (Phi) is 7.20. The van der Waals surface area contributed by atoms with Gasteiger partial charge in [-0.15, -0.1) is 5.10 Å². The second-order valence-electron chi connectivity index (χ2n) is 8.79. The lowest BCUT2D eigenvalue weighted by molar-refractivity contribution is -0.00214. The molecular formula is C23H32N4O3S. The molecule has 168 valence electrons. The van der Waals surface area contributed by atoms with Crippen molar-refractivity contribution < 1.29 is 13.2 Å². The molecule has 0 spiro atoms. The summed E-state index contributed by atoms with van der Waals surface area (Å²) in [5.41, 5.74) is 1.42. The Morgan fingerprint density at radius 2 is 1.84 bits per heavy atom. The molecule has 2 aromatic rings. The summed E-state index contributed by atoms with van der Waals surface area (Å²) in [6.45, 7) is 1.99. The summed E-state index contributed by atoms with van der Waals surface area (Å²) in [7, 11) is -3.27. The van der Waals surface area contributed by atoms with Crippen LogP contribution in [0.25, 0.3) is 0 Å². The molecule has 7 nitrogen and oxygen atoms in total. The van der Waals surface area contributed by atoms with Gasteiger partial charge in [0.1, 0.15) is 0 Å². The molecular weight excluding hydrogens is 412 g/mol. The first kappa shape index (κ1) is 22.2. The molecule has 1 unspecified atom stereocenters. The molecule has 31 heavy (non-hydrogen) atoms. The van der Waals surface area contributed by atoms with Crippen molar-refractivity contribution in [3.8, 4) is 0 Å². The van der Waals surface area contributed by atoms with Crippen LogP contribution in [0.3, 0.4) is 0 Å². The molecule has 1 saturated heterocycles. The molecule has 1 saturated carbocycles. The third kappa shape index (κ3) is 6.24. The SMILES string of the molecule is CS(=O)(=O)N[C@H]1CCN(c2cccnn2)CC1COC1CCC(c2ccccc2)CC1. The number of hydrogen-bond donors (Lipinski definition) is 1. The standard InChI is InChI=1S/C23H32N4O3S/c1-31(28,29)26-22-13-15-27(23-8-5-14-24-25-23)16-20(22)17-30-21-11-9-19(10-12-21)18-6-3-2-4-7-18/h2-8,14,19-22,26H,9-13,15-17H2,1H3/t19?,20?,21?,22-/m0/s1. The predicted molar refractivity (Wildman–Crippen MR) is 122 cm³/mol. The number of ether oxygens (including phenoxy) is 1. The molecule has 0 bridgehead atoms. The highest BCUT2D eigenvalue weighted by Gasteiger charge is 2.33. The minimum absolute atomic E-state index is 0.0670. The summed E-state index contributed by atoms with van der Waals surface area (Å²) in [6, 6.07) is 14.4. The van der Waals surface area contributed by atoms with Crippen LogP contribution in [0.4, 0.5) is 5.82 Å². The number of hydrogen-bond acceptors (Lipinski definition) is 6. The van der Waals surface area contributed by atoms with E-state index in [1.807, 2.05) is 12.1 Å². The predicted octanol–water partition coefficient (Wildman–Crippen LogP) is 2.96. The van der Waals surface area contributed by atoms with Gasteiger partial charge >= 0.3 is 0 Å². The van der Waals surface area contributed by atoms with Gasteiger partial charge in [0, 0.05) is 31.2 Å². The molecule has 2 aliphatic rings. The topological polar surface area (TPSA) is 84.4 Å². The van der Waals surface area contributed by atoms with Crippen molar-refractivity contribution in [2.24, 2.45) is 5.92 Å². The molecule has 0 radical (unpaired) electrons. The molecule has 4 rings (SSSR count). The highest BCUT2D eigenvalue weighted by atomic mass is 32.2. The van der Waals surface area contributed by atoms with E-state index < -0.39 is 10.0 Å². The lowest BCUT2D eigenvalue weighted by Crippen LogP contribution is -2.52. The molecule has 1 aromatic heterocycles. The number of benzene rings is 1. The fraction of sp³-hybridized carbons (Fsp3) is 0.565. The average molecular weight is 445 g/mol. The van der Waals surface area contributed by atoms with E-state index in [9.17, 15) is 8.42 Å². The van der Waals surface area contributed by atoms with Crippen molar-refractivity contribution >= 4 is 15.8 Å². The zero-order valence-corrected chi connectivity index (χ0v) is 18.9. The smallest absolute Gasteiger partial charge is 0.208 e. The van der Waals surface area contributed by atoms with Gasteiger partial charge in [-0.25, -0.2) is 13.1 Å². The lowest BCUT2D eigenvalue weighted by atomic mass is 9.82. The van der Waals surface area contributed by atoms with Crippen LogP contribution >= 0.6 is 0 Å². The van der Waals surface area contributed by atoms with E-state index in [1.165, 1.54) is 11.8 Å². The molecule has 0 amide bonds. The van der Waals surface area contributed by atoms with Crippen molar-refractivity contribution in [1.29, 1.82) is 0 Å². The number of piperidine rings is 1. The zero-order valence-electron chi connectivity index (χ0n) is 18.1. The maximum atomic E-state index is 11.9. The third-order valence-electron chi connectivity index (χ3n) is 6.47. The molecule has 2 fully saturated rings. The lowest BCUT2D eigenvalue weighted by Gasteiger charge is -2.39. The second-order valence-corrected chi connectivity index (χ2v) is 10.6. The largest absolute Gasteiger partial charge is 0.378 e. The summed E-state index contributed by atoms with van der Waals surface area (Å²) in [6.07, 6.45) is 8.21. The van der Waals surface area contributed by atoms with E-state index >= 15 is 0 Å². The number of aromatic nitrogens is 2. The maximum Gasteiger partial charge on any atom is 0.208 e. The Morgan fingerprint density at radius 3 is 2.52 bits per heavy atom. The Balaban J connectivity index is 1.34. The summed E-state index contributed by atoms with van der Waals surface area (Å²) in [5.74, 6) is 1.51. The van der Waals surface area contributed by atoms with E-state index in [0.29, 0.717) is 19.1 Å². The minimum atomic E-state index is -3.27. The Bertz CT molecular complexity index is 918. The fourth-order valence-corrected chi connectivity index (χ4v) is 5.71. The van der Waals surface area contributed by atoms with Crippen molar-refractivity contribution in [3.05, 3.63) is 54.2 Å². The average Bonchev–Trinajstić information content (AvgIpc) is 2.79. The van der Waals surface area contributed by atoms with Crippen LogP contribution in [-0.2, 0) is 14.8 Å². The van der Waals surface area contributed by atoms with Gasteiger partial charge in [-0.3, -0.25) is 0 Å². The molecule has 1 aliphatic carbocycles. The van der Waals surface area contributed by atoms with Crippen LogP contribution in [0.15, 0.2) is 48.7 Å². The van der Waals surface area contributed by atoms with E-state index in [4.69, 9.17) is 4.74 Å². The van der Waals surface area contributed by atoms with Gasteiger partial charge in [-0.05, 0) is 55.7 Å². The molecule has 2 heterocycles. The van der Waals surface area contributed by atoms with Gasteiger partial charge < -0.3 is 9.64 Å². The number of nitrogens with zero attached hydrogens (tertiary/aromatic N) is 3. The van der Waals surface area contributed by atoms with Crippen LogP contribution in [0, 0.1) is 5.92 Å². The summed E-state index contributed by atoms with van der Waals surface area (Å²) >= 11 is 0. The molecule has 1 aromatic carbocycles. The monoisotopic (exact) mass is 444 g/mol. The minimum Gasteiger partial charge on any atom is -0.378 e. The first-order valence-corrected chi connectivity index (χ1v) is 13.0. The zero-order chi connectivity index (χ0) is 21.7. The molecule has 1 aliphatic heterocycles. The number of sulfonamides is 1. The summed E-state index contributed by atoms with van der Waals surface area (Å²) < 4.78 is 32.9. The van der Waals surface area contributed by atoms with Crippen molar-refractivity contribution in [2.75, 3.05) is 30.9 Å². The van der Waals surface area contributed by atoms with Crippen LogP contribution < -0.4 is 9.62 Å². The molecule has 8 heteroatoms. The van der Waals surface area contributed by atoms with Gasteiger partial charge in [0.15, 0.2) is 5.82 Å². The highest BCUT2D eigenvalue weighted by molar-refractivity contribution is 7.88.